The number of aryl methyl sites for hydroxylation is 2. The van der Waals surface area contributed by atoms with E-state index in [4.69, 9.17) is 0 Å². The van der Waals surface area contributed by atoms with Crippen LogP contribution in [0.1, 0.15) is 34.8 Å². The minimum atomic E-state index is -0.220. The Bertz CT molecular complexity index is 946. The second kappa shape index (κ2) is 7.06. The highest BCUT2D eigenvalue weighted by atomic mass is 32.1. The van der Waals surface area contributed by atoms with Gasteiger partial charge in [0, 0.05) is 11.4 Å². The average Bonchev–Trinajstić information content (AvgIpc) is 2.88. The second-order valence-electron chi connectivity index (χ2n) is 6.45. The molecule has 2 aromatic heterocycles. The number of hydrogen-bond acceptors (Lipinski definition) is 4. The van der Waals surface area contributed by atoms with Crippen LogP contribution in [0.25, 0.3) is 10.2 Å². The summed E-state index contributed by atoms with van der Waals surface area (Å²) in [4.78, 5) is 24.1. The van der Waals surface area contributed by atoms with Crippen LogP contribution in [0.2, 0.25) is 0 Å². The van der Waals surface area contributed by atoms with E-state index in [9.17, 15) is 9.18 Å². The van der Waals surface area contributed by atoms with Gasteiger partial charge in [-0.1, -0.05) is 12.1 Å². The maximum atomic E-state index is 13.0. The van der Waals surface area contributed by atoms with Crippen molar-refractivity contribution in [2.75, 3.05) is 13.6 Å². The lowest BCUT2D eigenvalue weighted by atomic mass is 10.1. The predicted octanol–water partition coefficient (Wildman–Crippen LogP) is 3.98. The summed E-state index contributed by atoms with van der Waals surface area (Å²) in [5.41, 5.74) is 2.03. The highest BCUT2D eigenvalue weighted by Crippen LogP contribution is 2.27. The number of aromatic amines is 1. The van der Waals surface area contributed by atoms with Gasteiger partial charge in [0.1, 0.15) is 16.5 Å². The summed E-state index contributed by atoms with van der Waals surface area (Å²) in [5.74, 6) is 0.461. The van der Waals surface area contributed by atoms with Crippen molar-refractivity contribution in [2.45, 2.75) is 33.2 Å². The molecule has 1 aromatic carbocycles. The topological polar surface area (TPSA) is 49.0 Å². The van der Waals surface area contributed by atoms with Crippen LogP contribution in [0, 0.1) is 19.7 Å². The molecule has 0 saturated carbocycles. The van der Waals surface area contributed by atoms with Gasteiger partial charge in [-0.15, -0.1) is 11.3 Å². The van der Waals surface area contributed by atoms with E-state index >= 15 is 0 Å². The number of rotatable bonds is 5. The van der Waals surface area contributed by atoms with Gasteiger partial charge in [-0.25, -0.2) is 9.37 Å². The largest absolute Gasteiger partial charge is 0.309 e. The first-order chi connectivity index (χ1) is 11.9. The van der Waals surface area contributed by atoms with Gasteiger partial charge in [0.15, 0.2) is 0 Å². The molecule has 0 aliphatic heterocycles. The summed E-state index contributed by atoms with van der Waals surface area (Å²) in [6.07, 6.45) is 0.810. The number of fused-ring (bicyclic) bond motifs is 1. The van der Waals surface area contributed by atoms with Crippen LogP contribution in [0.4, 0.5) is 4.39 Å². The van der Waals surface area contributed by atoms with Crippen molar-refractivity contribution >= 4 is 21.6 Å². The molecule has 25 heavy (non-hydrogen) atoms. The highest BCUT2D eigenvalue weighted by molar-refractivity contribution is 7.18. The van der Waals surface area contributed by atoms with Gasteiger partial charge in [-0.3, -0.25) is 9.69 Å². The van der Waals surface area contributed by atoms with E-state index in [1.807, 2.05) is 27.8 Å². The molecule has 3 rings (SSSR count). The van der Waals surface area contributed by atoms with Crippen LogP contribution in [-0.4, -0.2) is 28.5 Å². The number of nitrogens with zero attached hydrogens (tertiary/aromatic N) is 2. The van der Waals surface area contributed by atoms with Crippen molar-refractivity contribution in [1.29, 1.82) is 0 Å². The van der Waals surface area contributed by atoms with Gasteiger partial charge in [-0.2, -0.15) is 0 Å². The molecular formula is C19H22FN3OS. The van der Waals surface area contributed by atoms with E-state index in [-0.39, 0.29) is 17.4 Å². The SMILES string of the molecule is Cc1sc2nc([C@H](C)N(C)CCc3ccc(F)cc3)[nH]c(=O)c2c1C. The van der Waals surface area contributed by atoms with Crippen molar-refractivity contribution in [3.8, 4) is 0 Å². The van der Waals surface area contributed by atoms with Crippen LogP contribution in [0.3, 0.4) is 0 Å². The molecule has 0 amide bonds. The molecule has 0 aliphatic rings. The van der Waals surface area contributed by atoms with Crippen molar-refractivity contribution < 1.29 is 4.39 Å². The molecule has 0 saturated heterocycles. The van der Waals surface area contributed by atoms with Crippen molar-refractivity contribution in [2.24, 2.45) is 0 Å². The molecule has 6 heteroatoms. The number of thiophene rings is 1. The Balaban J connectivity index is 1.77. The minimum absolute atomic E-state index is 0.0136. The number of likely N-dealkylation sites (N-methyl/N-ethyl adjacent to an activating group) is 1. The lowest BCUT2D eigenvalue weighted by molar-refractivity contribution is 0.255. The lowest BCUT2D eigenvalue weighted by Crippen LogP contribution is -2.28. The normalized spacial score (nSPS) is 12.9. The van der Waals surface area contributed by atoms with Crippen LogP contribution in [-0.2, 0) is 6.42 Å². The van der Waals surface area contributed by atoms with Gasteiger partial charge in [0.05, 0.1) is 11.4 Å². The maximum absolute atomic E-state index is 13.0. The summed E-state index contributed by atoms with van der Waals surface area (Å²) < 4.78 is 13.0. The fraction of sp³-hybridized carbons (Fsp3) is 0.368. The van der Waals surface area contributed by atoms with Crippen molar-refractivity contribution in [1.82, 2.24) is 14.9 Å². The van der Waals surface area contributed by atoms with E-state index in [2.05, 4.69) is 14.9 Å². The van der Waals surface area contributed by atoms with Crippen LogP contribution >= 0.6 is 11.3 Å². The number of H-pyrrole nitrogens is 1. The summed E-state index contributed by atoms with van der Waals surface area (Å²) in [5, 5.41) is 0.701. The van der Waals surface area contributed by atoms with Gasteiger partial charge in [0.2, 0.25) is 0 Å². The quantitative estimate of drug-likeness (QED) is 0.750. The second-order valence-corrected chi connectivity index (χ2v) is 7.65. The molecule has 132 valence electrons. The van der Waals surface area contributed by atoms with E-state index in [1.54, 1.807) is 23.5 Å². The molecule has 1 N–H and O–H groups in total. The molecule has 0 spiro atoms. The first-order valence-corrected chi connectivity index (χ1v) is 9.13. The zero-order chi connectivity index (χ0) is 18.1. The summed E-state index contributed by atoms with van der Waals surface area (Å²) in [6.45, 7) is 6.79. The third-order valence-corrected chi connectivity index (χ3v) is 5.88. The Labute approximate surface area is 150 Å². The number of hydrogen-bond donors (Lipinski definition) is 1. The molecule has 0 unspecified atom stereocenters. The predicted molar refractivity (Wildman–Crippen MR) is 101 cm³/mol. The smallest absolute Gasteiger partial charge is 0.259 e. The molecular weight excluding hydrogens is 337 g/mol. The molecule has 4 nitrogen and oxygen atoms in total. The summed E-state index contributed by atoms with van der Waals surface area (Å²) in [6, 6.07) is 6.55. The Morgan fingerprint density at radius 2 is 1.96 bits per heavy atom. The number of aromatic nitrogens is 2. The van der Waals surface area contributed by atoms with Gasteiger partial charge >= 0.3 is 0 Å². The molecule has 0 aliphatic carbocycles. The lowest BCUT2D eigenvalue weighted by Gasteiger charge is -2.23. The van der Waals surface area contributed by atoms with Crippen LogP contribution in [0.5, 0.6) is 0 Å². The average molecular weight is 359 g/mol. The first kappa shape index (κ1) is 17.8. The zero-order valence-electron chi connectivity index (χ0n) is 14.9. The molecule has 1 atom stereocenters. The highest BCUT2D eigenvalue weighted by Gasteiger charge is 2.18. The van der Waals surface area contributed by atoms with Crippen LogP contribution in [0.15, 0.2) is 29.1 Å². The Hall–Kier alpha value is -2.05. The Morgan fingerprint density at radius 3 is 2.64 bits per heavy atom. The fourth-order valence-corrected chi connectivity index (χ4v) is 3.87. The first-order valence-electron chi connectivity index (χ1n) is 8.31. The summed E-state index contributed by atoms with van der Waals surface area (Å²) >= 11 is 1.56. The van der Waals surface area contributed by atoms with E-state index in [1.165, 1.54) is 12.1 Å². The fourth-order valence-electron chi connectivity index (χ4n) is 2.83. The van der Waals surface area contributed by atoms with Crippen molar-refractivity contribution in [3.05, 3.63) is 62.3 Å². The number of nitrogens with one attached hydrogen (secondary N) is 1. The zero-order valence-corrected chi connectivity index (χ0v) is 15.7. The van der Waals surface area contributed by atoms with E-state index in [0.29, 0.717) is 11.2 Å². The standard InChI is InChI=1S/C19H22FN3OS/c1-11-13(3)25-19-16(11)18(24)21-17(22-19)12(2)23(4)10-9-14-5-7-15(20)8-6-14/h5-8,12H,9-10H2,1-4H3,(H,21,22,24)/t12-/m0/s1. The summed E-state index contributed by atoms with van der Waals surface area (Å²) in [7, 11) is 2.00. The monoisotopic (exact) mass is 359 g/mol. The maximum Gasteiger partial charge on any atom is 0.259 e. The van der Waals surface area contributed by atoms with Gasteiger partial charge < -0.3 is 4.98 Å². The number of benzene rings is 1. The Kier molecular flexibility index (Phi) is 5.01. The molecule has 0 fully saturated rings. The number of halogens is 1. The van der Waals surface area contributed by atoms with Crippen LogP contribution < -0.4 is 5.56 Å². The van der Waals surface area contributed by atoms with Crippen molar-refractivity contribution in [3.63, 3.8) is 0 Å². The Morgan fingerprint density at radius 1 is 1.28 bits per heavy atom. The third kappa shape index (κ3) is 3.65. The van der Waals surface area contributed by atoms with E-state index < -0.39 is 0 Å². The van der Waals surface area contributed by atoms with Gasteiger partial charge in [0.25, 0.3) is 5.56 Å². The molecule has 0 radical (unpaired) electrons. The molecule has 2 heterocycles. The molecule has 3 aromatic rings. The minimum Gasteiger partial charge on any atom is -0.309 e. The third-order valence-electron chi connectivity index (χ3n) is 4.78. The van der Waals surface area contributed by atoms with E-state index in [0.717, 1.165) is 33.8 Å². The molecule has 0 bridgehead atoms. The van der Waals surface area contributed by atoms with Gasteiger partial charge in [-0.05, 0) is 57.5 Å².